The first-order valence-corrected chi connectivity index (χ1v) is 5.44. The minimum Gasteiger partial charge on any atom is -0.361 e. The highest BCUT2D eigenvalue weighted by Crippen LogP contribution is 2.11. The number of aryl methyl sites for hydroxylation is 2. The van der Waals surface area contributed by atoms with Gasteiger partial charge in [-0.15, -0.1) is 12.4 Å². The summed E-state index contributed by atoms with van der Waals surface area (Å²) in [7, 11) is 0. The molecular weight excluding hydrogens is 242 g/mol. The highest BCUT2D eigenvalue weighted by molar-refractivity contribution is 5.85. The molecule has 1 aromatic heterocycles. The number of carbonyl (C=O) groups is 1. The number of carbonyl (C=O) groups excluding carboxylic acids is 1. The third kappa shape index (κ3) is 5.19. The lowest BCUT2D eigenvalue weighted by atomic mass is 10.1. The summed E-state index contributed by atoms with van der Waals surface area (Å²) < 4.78 is 5.00. The molecule has 98 valence electrons. The molecule has 1 unspecified atom stereocenters. The highest BCUT2D eigenvalue weighted by Gasteiger charge is 2.10. The maximum Gasteiger partial charge on any atom is 0.220 e. The van der Waals surface area contributed by atoms with Crippen molar-refractivity contribution in [3.05, 3.63) is 17.0 Å². The lowest BCUT2D eigenvalue weighted by molar-refractivity contribution is -0.121. The van der Waals surface area contributed by atoms with E-state index < -0.39 is 0 Å². The average Bonchev–Trinajstić information content (AvgIpc) is 2.53. The zero-order chi connectivity index (χ0) is 12.1. The Hall–Kier alpha value is -1.07. The summed E-state index contributed by atoms with van der Waals surface area (Å²) >= 11 is 0. The molecule has 1 amide bonds. The Morgan fingerprint density at radius 2 is 2.18 bits per heavy atom. The largest absolute Gasteiger partial charge is 0.361 e. The Labute approximate surface area is 108 Å². The van der Waals surface area contributed by atoms with Crippen LogP contribution in [0.4, 0.5) is 0 Å². The summed E-state index contributed by atoms with van der Waals surface area (Å²) in [5.41, 5.74) is 7.35. The Morgan fingerprint density at radius 3 is 2.65 bits per heavy atom. The predicted octanol–water partition coefficient (Wildman–Crippen LogP) is 1.46. The van der Waals surface area contributed by atoms with E-state index in [9.17, 15) is 4.79 Å². The van der Waals surface area contributed by atoms with Crippen LogP contribution in [0.3, 0.4) is 0 Å². The van der Waals surface area contributed by atoms with Gasteiger partial charge in [0.2, 0.25) is 5.91 Å². The van der Waals surface area contributed by atoms with Crippen molar-refractivity contribution >= 4 is 18.3 Å². The van der Waals surface area contributed by atoms with Crippen molar-refractivity contribution in [1.29, 1.82) is 0 Å². The Morgan fingerprint density at radius 1 is 1.53 bits per heavy atom. The molecule has 0 fully saturated rings. The number of hydrogen-bond acceptors (Lipinski definition) is 4. The number of halogens is 1. The van der Waals surface area contributed by atoms with Crippen LogP contribution in [0.2, 0.25) is 0 Å². The second-order valence-corrected chi connectivity index (χ2v) is 4.10. The van der Waals surface area contributed by atoms with Crippen LogP contribution in [-0.2, 0) is 11.3 Å². The topological polar surface area (TPSA) is 81.2 Å². The highest BCUT2D eigenvalue weighted by atomic mass is 35.5. The van der Waals surface area contributed by atoms with Gasteiger partial charge in [-0.05, 0) is 27.2 Å². The van der Waals surface area contributed by atoms with Gasteiger partial charge in [0.1, 0.15) is 5.76 Å². The van der Waals surface area contributed by atoms with Gasteiger partial charge >= 0.3 is 0 Å². The molecule has 6 heteroatoms. The summed E-state index contributed by atoms with van der Waals surface area (Å²) in [4.78, 5) is 11.4. The van der Waals surface area contributed by atoms with Gasteiger partial charge in [-0.3, -0.25) is 4.79 Å². The van der Waals surface area contributed by atoms with Crippen LogP contribution in [0.15, 0.2) is 4.52 Å². The summed E-state index contributed by atoms with van der Waals surface area (Å²) in [5, 5.41) is 6.65. The van der Waals surface area contributed by atoms with Crippen molar-refractivity contribution in [2.24, 2.45) is 5.73 Å². The van der Waals surface area contributed by atoms with Crippen molar-refractivity contribution in [1.82, 2.24) is 10.5 Å². The monoisotopic (exact) mass is 261 g/mol. The molecule has 0 aliphatic rings. The number of hydrogen-bond donors (Lipinski definition) is 2. The molecule has 3 N–H and O–H groups in total. The number of nitrogens with two attached hydrogens (primary N) is 1. The molecule has 0 aliphatic carbocycles. The molecule has 0 saturated carbocycles. The average molecular weight is 262 g/mol. The molecule has 17 heavy (non-hydrogen) atoms. The molecular formula is C11H20ClN3O2. The number of rotatable bonds is 5. The molecule has 0 saturated heterocycles. The predicted molar refractivity (Wildman–Crippen MR) is 68.0 cm³/mol. The summed E-state index contributed by atoms with van der Waals surface area (Å²) in [5.74, 6) is 0.766. The molecule has 0 bridgehead atoms. The van der Waals surface area contributed by atoms with Crippen molar-refractivity contribution in [3.8, 4) is 0 Å². The fourth-order valence-corrected chi connectivity index (χ4v) is 1.39. The standard InChI is InChI=1S/C11H19N3O2.ClH/c1-7(12)4-5-11(15)13-6-10-8(2)14-16-9(10)3;/h7H,4-6,12H2,1-3H3,(H,13,15);1H. The fraction of sp³-hybridized carbons (Fsp3) is 0.636. The van der Waals surface area contributed by atoms with Gasteiger partial charge in [0.05, 0.1) is 5.69 Å². The van der Waals surface area contributed by atoms with Crippen molar-refractivity contribution in [3.63, 3.8) is 0 Å². The van der Waals surface area contributed by atoms with Crippen molar-refractivity contribution in [2.75, 3.05) is 0 Å². The van der Waals surface area contributed by atoms with Crippen LogP contribution >= 0.6 is 12.4 Å². The van der Waals surface area contributed by atoms with Gasteiger partial charge < -0.3 is 15.6 Å². The Kier molecular flexibility index (Phi) is 6.83. The van der Waals surface area contributed by atoms with Crippen LogP contribution in [0.25, 0.3) is 0 Å². The Balaban J connectivity index is 0.00000256. The van der Waals surface area contributed by atoms with Gasteiger partial charge in [-0.25, -0.2) is 0 Å². The zero-order valence-corrected chi connectivity index (χ0v) is 11.3. The smallest absolute Gasteiger partial charge is 0.220 e. The van der Waals surface area contributed by atoms with Crippen LogP contribution in [-0.4, -0.2) is 17.1 Å². The van der Waals surface area contributed by atoms with Crippen LogP contribution < -0.4 is 11.1 Å². The first kappa shape index (κ1) is 15.9. The van der Waals surface area contributed by atoms with E-state index in [1.807, 2.05) is 20.8 Å². The number of nitrogens with zero attached hydrogens (tertiary/aromatic N) is 1. The summed E-state index contributed by atoms with van der Waals surface area (Å²) in [6, 6.07) is 0.0600. The van der Waals surface area contributed by atoms with Crippen LogP contribution in [0.5, 0.6) is 0 Å². The van der Waals surface area contributed by atoms with Crippen LogP contribution in [0, 0.1) is 13.8 Å². The fourth-order valence-electron chi connectivity index (χ4n) is 1.39. The summed E-state index contributed by atoms with van der Waals surface area (Å²) in [6.07, 6.45) is 1.16. The van der Waals surface area contributed by atoms with E-state index in [1.54, 1.807) is 0 Å². The van der Waals surface area contributed by atoms with Crippen LogP contribution in [0.1, 0.15) is 36.8 Å². The maximum atomic E-state index is 11.4. The van der Waals surface area contributed by atoms with E-state index in [1.165, 1.54) is 0 Å². The number of amides is 1. The lowest BCUT2D eigenvalue weighted by Crippen LogP contribution is -2.25. The number of aromatic nitrogens is 1. The summed E-state index contributed by atoms with van der Waals surface area (Å²) in [6.45, 7) is 6.06. The maximum absolute atomic E-state index is 11.4. The van der Waals surface area contributed by atoms with Crippen molar-refractivity contribution < 1.29 is 9.32 Å². The minimum absolute atomic E-state index is 0. The van der Waals surface area contributed by atoms with Crippen molar-refractivity contribution in [2.45, 2.75) is 46.2 Å². The van der Waals surface area contributed by atoms with E-state index in [0.717, 1.165) is 17.0 Å². The van der Waals surface area contributed by atoms with Gasteiger partial charge in [0.15, 0.2) is 0 Å². The first-order valence-electron chi connectivity index (χ1n) is 5.44. The van der Waals surface area contributed by atoms with E-state index in [-0.39, 0.29) is 24.4 Å². The Bertz CT molecular complexity index is 344. The quantitative estimate of drug-likeness (QED) is 0.841. The lowest BCUT2D eigenvalue weighted by Gasteiger charge is -2.06. The third-order valence-electron chi connectivity index (χ3n) is 2.47. The van der Waals surface area contributed by atoms with E-state index in [4.69, 9.17) is 10.3 Å². The first-order chi connectivity index (χ1) is 7.50. The molecule has 1 atom stereocenters. The molecule has 0 aromatic carbocycles. The second kappa shape index (κ2) is 7.29. The van der Waals surface area contributed by atoms with Gasteiger partial charge in [-0.2, -0.15) is 0 Å². The molecule has 0 radical (unpaired) electrons. The van der Waals surface area contributed by atoms with E-state index in [0.29, 0.717) is 19.4 Å². The third-order valence-corrected chi connectivity index (χ3v) is 2.47. The minimum atomic E-state index is 0. The van der Waals surface area contributed by atoms with Gasteiger partial charge in [0, 0.05) is 24.6 Å². The second-order valence-electron chi connectivity index (χ2n) is 4.10. The zero-order valence-electron chi connectivity index (χ0n) is 10.4. The van der Waals surface area contributed by atoms with Gasteiger partial charge in [-0.1, -0.05) is 5.16 Å². The molecule has 1 aromatic rings. The molecule has 5 nitrogen and oxygen atoms in total. The molecule has 0 aliphatic heterocycles. The normalized spacial score (nSPS) is 11.8. The SMILES string of the molecule is Cc1noc(C)c1CNC(=O)CCC(C)N.Cl. The van der Waals surface area contributed by atoms with E-state index >= 15 is 0 Å². The number of nitrogens with one attached hydrogen (secondary N) is 1. The molecule has 1 heterocycles. The molecule has 1 rings (SSSR count). The molecule has 0 spiro atoms. The van der Waals surface area contributed by atoms with E-state index in [2.05, 4.69) is 10.5 Å². The van der Waals surface area contributed by atoms with Gasteiger partial charge in [0.25, 0.3) is 0 Å².